The van der Waals surface area contributed by atoms with Crippen molar-refractivity contribution in [1.29, 1.82) is 0 Å². The molecule has 2 aromatic rings. The van der Waals surface area contributed by atoms with E-state index >= 15 is 0 Å². The Morgan fingerprint density at radius 1 is 1.24 bits per heavy atom. The molecule has 0 amide bonds. The smallest absolute Gasteiger partial charge is 0.228 e. The van der Waals surface area contributed by atoms with Crippen LogP contribution in [-0.2, 0) is 11.2 Å². The zero-order valence-electron chi connectivity index (χ0n) is 14.7. The Bertz CT molecular complexity index is 628. The Kier molecular flexibility index (Phi) is 6.52. The minimum absolute atomic E-state index is 0.370. The van der Waals surface area contributed by atoms with Crippen LogP contribution in [0, 0.1) is 0 Å². The van der Waals surface area contributed by atoms with Crippen LogP contribution in [0.5, 0.6) is 0 Å². The van der Waals surface area contributed by atoms with Crippen LogP contribution in [0.15, 0.2) is 34.9 Å². The van der Waals surface area contributed by atoms with Crippen molar-refractivity contribution in [1.82, 2.24) is 19.9 Å². The van der Waals surface area contributed by atoms with Gasteiger partial charge in [-0.3, -0.25) is 4.90 Å². The Balaban J connectivity index is 1.41. The molecule has 2 heterocycles. The molecule has 0 spiro atoms. The summed E-state index contributed by atoms with van der Waals surface area (Å²) < 4.78 is 10.7. The van der Waals surface area contributed by atoms with Crippen LogP contribution in [-0.4, -0.2) is 84.1 Å². The average Bonchev–Trinajstić information content (AvgIpc) is 3.10. The van der Waals surface area contributed by atoms with Crippen LogP contribution >= 0.6 is 0 Å². The van der Waals surface area contributed by atoms with Gasteiger partial charge in [0, 0.05) is 44.7 Å². The Hall–Kier alpha value is -1.80. The Morgan fingerprint density at radius 3 is 2.76 bits per heavy atom. The molecular weight excluding hydrogens is 320 g/mol. The molecule has 25 heavy (non-hydrogen) atoms. The van der Waals surface area contributed by atoms with Gasteiger partial charge in [0.15, 0.2) is 0 Å². The van der Waals surface area contributed by atoms with Crippen molar-refractivity contribution < 1.29 is 14.4 Å². The van der Waals surface area contributed by atoms with Gasteiger partial charge in [-0.2, -0.15) is 4.98 Å². The van der Waals surface area contributed by atoms with Gasteiger partial charge in [0.2, 0.25) is 11.7 Å². The Morgan fingerprint density at radius 2 is 2.00 bits per heavy atom. The van der Waals surface area contributed by atoms with Crippen LogP contribution < -0.4 is 0 Å². The van der Waals surface area contributed by atoms with Crippen molar-refractivity contribution >= 4 is 0 Å². The van der Waals surface area contributed by atoms with E-state index in [2.05, 4.69) is 19.9 Å². The topological polar surface area (TPSA) is 74.9 Å². The van der Waals surface area contributed by atoms with Crippen molar-refractivity contribution in [3.8, 4) is 11.4 Å². The number of rotatable bonds is 8. The SMILES string of the molecule is CN(CCc1nc(-c2ccccc2)no1)CC(O)CN1CCOCC1. The highest BCUT2D eigenvalue weighted by atomic mass is 16.5. The number of aliphatic hydroxyl groups excluding tert-OH is 1. The third kappa shape index (κ3) is 5.61. The molecule has 1 aliphatic rings. The van der Waals surface area contributed by atoms with Crippen LogP contribution in [0.2, 0.25) is 0 Å². The van der Waals surface area contributed by atoms with Crippen molar-refractivity contribution in [3.05, 3.63) is 36.2 Å². The van der Waals surface area contributed by atoms with Crippen LogP contribution in [0.25, 0.3) is 11.4 Å². The molecule has 1 saturated heterocycles. The molecule has 0 radical (unpaired) electrons. The molecule has 136 valence electrons. The molecule has 1 atom stereocenters. The first-order valence-electron chi connectivity index (χ1n) is 8.75. The highest BCUT2D eigenvalue weighted by Crippen LogP contribution is 2.15. The fourth-order valence-electron chi connectivity index (χ4n) is 2.94. The molecule has 1 N–H and O–H groups in total. The largest absolute Gasteiger partial charge is 0.390 e. The third-order valence-corrected chi connectivity index (χ3v) is 4.30. The fraction of sp³-hybridized carbons (Fsp3) is 0.556. The maximum atomic E-state index is 10.2. The molecule has 7 nitrogen and oxygen atoms in total. The van der Waals surface area contributed by atoms with Gasteiger partial charge in [-0.05, 0) is 7.05 Å². The maximum Gasteiger partial charge on any atom is 0.228 e. The number of hydrogen-bond donors (Lipinski definition) is 1. The predicted molar refractivity (Wildman–Crippen MR) is 94.2 cm³/mol. The molecule has 1 fully saturated rings. The fourth-order valence-corrected chi connectivity index (χ4v) is 2.94. The molecule has 1 aromatic heterocycles. The summed E-state index contributed by atoms with van der Waals surface area (Å²) in [4.78, 5) is 8.77. The van der Waals surface area contributed by atoms with E-state index < -0.39 is 0 Å². The second-order valence-electron chi connectivity index (χ2n) is 6.46. The summed E-state index contributed by atoms with van der Waals surface area (Å²) in [5.41, 5.74) is 0.951. The van der Waals surface area contributed by atoms with Gasteiger partial charge < -0.3 is 19.3 Å². The summed E-state index contributed by atoms with van der Waals surface area (Å²) in [5, 5.41) is 14.3. The van der Waals surface area contributed by atoms with E-state index in [0.29, 0.717) is 31.2 Å². The van der Waals surface area contributed by atoms with Crippen molar-refractivity contribution in [2.45, 2.75) is 12.5 Å². The molecule has 7 heteroatoms. The lowest BCUT2D eigenvalue weighted by molar-refractivity contribution is 0.00868. The number of hydrogen-bond acceptors (Lipinski definition) is 7. The molecule has 1 aromatic carbocycles. The second kappa shape index (κ2) is 9.05. The zero-order chi connectivity index (χ0) is 17.5. The van der Waals surface area contributed by atoms with E-state index in [1.54, 1.807) is 0 Å². The van der Waals surface area contributed by atoms with Crippen LogP contribution in [0.1, 0.15) is 5.89 Å². The van der Waals surface area contributed by atoms with Crippen molar-refractivity contribution in [2.75, 3.05) is 53.0 Å². The lowest BCUT2D eigenvalue weighted by Crippen LogP contribution is -2.44. The maximum absolute atomic E-state index is 10.2. The number of aliphatic hydroxyl groups is 1. The van der Waals surface area contributed by atoms with E-state index in [4.69, 9.17) is 9.26 Å². The quantitative estimate of drug-likeness (QED) is 0.761. The summed E-state index contributed by atoms with van der Waals surface area (Å²) in [5.74, 6) is 1.24. The number of nitrogens with zero attached hydrogens (tertiary/aromatic N) is 4. The molecule has 0 bridgehead atoms. The molecular formula is C18H26N4O3. The lowest BCUT2D eigenvalue weighted by atomic mass is 10.2. The van der Waals surface area contributed by atoms with Gasteiger partial charge in [-0.25, -0.2) is 0 Å². The van der Waals surface area contributed by atoms with E-state index in [-0.39, 0.29) is 6.10 Å². The number of aromatic nitrogens is 2. The van der Waals surface area contributed by atoms with Gasteiger partial charge in [-0.15, -0.1) is 0 Å². The van der Waals surface area contributed by atoms with E-state index in [1.807, 2.05) is 37.4 Å². The average molecular weight is 346 g/mol. The number of ether oxygens (including phenoxy) is 1. The van der Waals surface area contributed by atoms with Crippen LogP contribution in [0.3, 0.4) is 0 Å². The second-order valence-corrected chi connectivity index (χ2v) is 6.46. The minimum atomic E-state index is -0.370. The first kappa shape index (κ1) is 18.0. The number of β-amino-alcohol motifs (C(OH)–C–C–N with tert-alkyl or cyclic N) is 1. The predicted octanol–water partition coefficient (Wildman–Crippen LogP) is 0.904. The lowest BCUT2D eigenvalue weighted by Gasteiger charge is -2.30. The van der Waals surface area contributed by atoms with Gasteiger partial charge in [-0.1, -0.05) is 35.5 Å². The molecule has 0 aliphatic carbocycles. The monoisotopic (exact) mass is 346 g/mol. The first-order valence-corrected chi connectivity index (χ1v) is 8.75. The van der Waals surface area contributed by atoms with E-state index in [1.165, 1.54) is 0 Å². The normalized spacial score (nSPS) is 17.1. The van der Waals surface area contributed by atoms with Crippen molar-refractivity contribution in [3.63, 3.8) is 0 Å². The summed E-state index contributed by atoms with van der Waals surface area (Å²) in [6.45, 7) is 5.36. The zero-order valence-corrected chi connectivity index (χ0v) is 14.7. The highest BCUT2D eigenvalue weighted by Gasteiger charge is 2.16. The highest BCUT2D eigenvalue weighted by molar-refractivity contribution is 5.53. The standard InChI is InChI=1S/C18H26N4O3/c1-21(13-16(23)14-22-9-11-24-12-10-22)8-7-17-19-18(20-25-17)15-5-3-2-4-6-15/h2-6,16,23H,7-14H2,1H3. The number of likely N-dealkylation sites (N-methyl/N-ethyl adjacent to an activating group) is 1. The number of morpholine rings is 1. The summed E-state index contributed by atoms with van der Waals surface area (Å²) in [7, 11) is 2.00. The first-order chi connectivity index (χ1) is 12.2. The van der Waals surface area contributed by atoms with Gasteiger partial charge in [0.1, 0.15) is 0 Å². The van der Waals surface area contributed by atoms with E-state index in [9.17, 15) is 5.11 Å². The van der Waals surface area contributed by atoms with Gasteiger partial charge in [0.05, 0.1) is 19.3 Å². The summed E-state index contributed by atoms with van der Waals surface area (Å²) in [6.07, 6.45) is 0.298. The number of benzene rings is 1. The van der Waals surface area contributed by atoms with Crippen molar-refractivity contribution in [2.24, 2.45) is 0 Å². The molecule has 0 saturated carbocycles. The molecule has 3 rings (SSSR count). The summed E-state index contributed by atoms with van der Waals surface area (Å²) in [6, 6.07) is 9.79. The molecule has 1 aliphatic heterocycles. The van der Waals surface area contributed by atoms with Gasteiger partial charge in [0.25, 0.3) is 0 Å². The van der Waals surface area contributed by atoms with Crippen LogP contribution in [0.4, 0.5) is 0 Å². The third-order valence-electron chi connectivity index (χ3n) is 4.30. The van der Waals surface area contributed by atoms with E-state index in [0.717, 1.165) is 38.4 Å². The minimum Gasteiger partial charge on any atom is -0.390 e. The Labute approximate surface area is 148 Å². The molecule has 1 unspecified atom stereocenters. The summed E-state index contributed by atoms with van der Waals surface area (Å²) >= 11 is 0. The van der Waals surface area contributed by atoms with Gasteiger partial charge >= 0.3 is 0 Å².